The number of aromatic nitrogens is 1. The van der Waals surface area contributed by atoms with E-state index in [0.717, 1.165) is 17.8 Å². The molecule has 2 nitrogen and oxygen atoms in total. The lowest BCUT2D eigenvalue weighted by Gasteiger charge is -2.19. The first-order valence-electron chi connectivity index (χ1n) is 7.09. The molecule has 0 spiro atoms. The van der Waals surface area contributed by atoms with Crippen molar-refractivity contribution in [2.45, 2.75) is 50.5 Å². The minimum Gasteiger partial charge on any atom is -0.309 e. The zero-order valence-corrected chi connectivity index (χ0v) is 11.0. The topological polar surface area (TPSA) is 24.9 Å². The molecule has 4 atom stereocenters. The molecule has 4 rings (SSSR count). The van der Waals surface area contributed by atoms with Crippen molar-refractivity contribution in [3.05, 3.63) is 16.1 Å². The summed E-state index contributed by atoms with van der Waals surface area (Å²) in [5, 5.41) is 7.31. The largest absolute Gasteiger partial charge is 0.309 e. The van der Waals surface area contributed by atoms with Gasteiger partial charge < -0.3 is 5.32 Å². The molecule has 0 radical (unpaired) electrons. The van der Waals surface area contributed by atoms with Crippen molar-refractivity contribution in [2.75, 3.05) is 6.54 Å². The summed E-state index contributed by atoms with van der Waals surface area (Å²) in [6.07, 6.45) is 8.46. The second-order valence-electron chi connectivity index (χ2n) is 6.04. The summed E-state index contributed by atoms with van der Waals surface area (Å²) < 4.78 is 0. The van der Waals surface area contributed by atoms with Crippen LogP contribution in [-0.4, -0.2) is 11.5 Å². The van der Waals surface area contributed by atoms with Crippen molar-refractivity contribution in [3.8, 4) is 0 Å². The number of nitrogens with zero attached hydrogens (tertiary/aromatic N) is 1. The van der Waals surface area contributed by atoms with Crippen LogP contribution in [0.1, 0.15) is 61.2 Å². The molecule has 2 bridgehead atoms. The molecule has 4 unspecified atom stereocenters. The van der Waals surface area contributed by atoms with Crippen molar-refractivity contribution in [2.24, 2.45) is 11.8 Å². The highest BCUT2D eigenvalue weighted by molar-refractivity contribution is 7.09. The molecular formula is C14H20N2S. The van der Waals surface area contributed by atoms with Gasteiger partial charge in [-0.1, -0.05) is 6.42 Å². The molecule has 2 saturated carbocycles. The molecule has 92 valence electrons. The summed E-state index contributed by atoms with van der Waals surface area (Å²) >= 11 is 1.92. The van der Waals surface area contributed by atoms with Crippen LogP contribution in [0.2, 0.25) is 0 Å². The fourth-order valence-corrected chi connectivity index (χ4v) is 5.20. The third-order valence-electron chi connectivity index (χ3n) is 5.01. The van der Waals surface area contributed by atoms with Crippen LogP contribution in [-0.2, 0) is 0 Å². The Labute approximate surface area is 107 Å². The van der Waals surface area contributed by atoms with E-state index in [9.17, 15) is 0 Å². The standard InChI is InChI=1S/C14H20N2S/c1-2-12(15-5-1)13-8-17-14(16-13)11-7-9-3-4-10(11)6-9/h8-12,15H,1-7H2. The van der Waals surface area contributed by atoms with Gasteiger partial charge in [0.25, 0.3) is 0 Å². The molecule has 3 heteroatoms. The van der Waals surface area contributed by atoms with E-state index < -0.39 is 0 Å². The monoisotopic (exact) mass is 248 g/mol. The van der Waals surface area contributed by atoms with Gasteiger partial charge in [0.2, 0.25) is 0 Å². The summed E-state index contributed by atoms with van der Waals surface area (Å²) in [7, 11) is 0. The normalized spacial score (nSPS) is 40.2. The smallest absolute Gasteiger partial charge is 0.0962 e. The molecule has 1 saturated heterocycles. The molecule has 3 fully saturated rings. The Morgan fingerprint density at radius 1 is 1.24 bits per heavy atom. The quantitative estimate of drug-likeness (QED) is 0.867. The maximum Gasteiger partial charge on any atom is 0.0962 e. The van der Waals surface area contributed by atoms with Crippen LogP contribution >= 0.6 is 11.3 Å². The van der Waals surface area contributed by atoms with Crippen LogP contribution in [0.5, 0.6) is 0 Å². The number of nitrogens with one attached hydrogen (secondary N) is 1. The second-order valence-corrected chi connectivity index (χ2v) is 6.93. The Kier molecular flexibility index (Phi) is 2.51. The van der Waals surface area contributed by atoms with E-state index in [1.807, 2.05) is 11.3 Å². The fraction of sp³-hybridized carbons (Fsp3) is 0.786. The van der Waals surface area contributed by atoms with Crippen LogP contribution < -0.4 is 5.32 Å². The number of thiazole rings is 1. The third-order valence-corrected chi connectivity index (χ3v) is 6.01. The lowest BCUT2D eigenvalue weighted by Crippen LogP contribution is -2.14. The van der Waals surface area contributed by atoms with Crippen LogP contribution in [0.4, 0.5) is 0 Å². The Balaban J connectivity index is 1.54. The van der Waals surface area contributed by atoms with Crippen LogP contribution in [0.25, 0.3) is 0 Å². The molecule has 1 N–H and O–H groups in total. The minimum atomic E-state index is 0.554. The molecule has 3 aliphatic rings. The zero-order valence-electron chi connectivity index (χ0n) is 10.2. The molecule has 0 aromatic carbocycles. The highest BCUT2D eigenvalue weighted by Crippen LogP contribution is 2.53. The molecule has 17 heavy (non-hydrogen) atoms. The first-order valence-corrected chi connectivity index (χ1v) is 7.97. The van der Waals surface area contributed by atoms with Crippen molar-refractivity contribution < 1.29 is 0 Å². The van der Waals surface area contributed by atoms with Gasteiger partial charge in [-0.25, -0.2) is 4.98 Å². The van der Waals surface area contributed by atoms with Crippen molar-refractivity contribution in [1.29, 1.82) is 0 Å². The maximum atomic E-state index is 4.95. The molecule has 0 amide bonds. The van der Waals surface area contributed by atoms with E-state index in [4.69, 9.17) is 4.98 Å². The third kappa shape index (κ3) is 1.75. The molecule has 2 heterocycles. The Morgan fingerprint density at radius 2 is 2.24 bits per heavy atom. The lowest BCUT2D eigenvalue weighted by molar-refractivity contribution is 0.417. The summed E-state index contributed by atoms with van der Waals surface area (Å²) in [6, 6.07) is 0.554. The van der Waals surface area contributed by atoms with Crippen molar-refractivity contribution in [1.82, 2.24) is 10.3 Å². The van der Waals surface area contributed by atoms with Gasteiger partial charge in [-0.3, -0.25) is 0 Å². The zero-order chi connectivity index (χ0) is 11.2. The Hall–Kier alpha value is -0.410. The van der Waals surface area contributed by atoms with Gasteiger partial charge >= 0.3 is 0 Å². The van der Waals surface area contributed by atoms with E-state index in [1.165, 1.54) is 55.8 Å². The van der Waals surface area contributed by atoms with Crippen LogP contribution in [0.3, 0.4) is 0 Å². The number of hydrogen-bond donors (Lipinski definition) is 1. The number of hydrogen-bond acceptors (Lipinski definition) is 3. The van der Waals surface area contributed by atoms with Crippen LogP contribution in [0.15, 0.2) is 5.38 Å². The first kappa shape index (κ1) is 10.5. The summed E-state index contributed by atoms with van der Waals surface area (Å²) in [5.41, 5.74) is 1.32. The number of rotatable bonds is 2. The second kappa shape index (κ2) is 4.06. The van der Waals surface area contributed by atoms with E-state index in [1.54, 1.807) is 0 Å². The molecule has 1 aromatic rings. The van der Waals surface area contributed by atoms with E-state index in [2.05, 4.69) is 10.7 Å². The predicted octanol–water partition coefficient (Wildman–Crippen LogP) is 3.47. The van der Waals surface area contributed by atoms with Gasteiger partial charge in [-0.2, -0.15) is 0 Å². The minimum absolute atomic E-state index is 0.554. The van der Waals surface area contributed by atoms with Gasteiger partial charge in [0, 0.05) is 11.3 Å². The molecular weight excluding hydrogens is 228 g/mol. The summed E-state index contributed by atoms with van der Waals surface area (Å²) in [4.78, 5) is 4.95. The average molecular weight is 248 g/mol. The van der Waals surface area contributed by atoms with Gasteiger partial charge in [-0.05, 0) is 50.5 Å². The van der Waals surface area contributed by atoms with Gasteiger partial charge in [0.1, 0.15) is 0 Å². The lowest BCUT2D eigenvalue weighted by atomic mass is 9.89. The fourth-order valence-electron chi connectivity index (χ4n) is 4.12. The van der Waals surface area contributed by atoms with Gasteiger partial charge in [0.15, 0.2) is 0 Å². The highest BCUT2D eigenvalue weighted by Gasteiger charge is 2.41. The van der Waals surface area contributed by atoms with Crippen molar-refractivity contribution in [3.63, 3.8) is 0 Å². The summed E-state index contributed by atoms with van der Waals surface area (Å²) in [5.74, 6) is 2.81. The van der Waals surface area contributed by atoms with Gasteiger partial charge in [0.05, 0.1) is 16.7 Å². The Morgan fingerprint density at radius 3 is 2.94 bits per heavy atom. The SMILES string of the molecule is c1sc(C2CC3CCC2C3)nc1C1CCCN1. The molecule has 1 aromatic heterocycles. The van der Waals surface area contributed by atoms with E-state index in [-0.39, 0.29) is 0 Å². The highest BCUT2D eigenvalue weighted by atomic mass is 32.1. The van der Waals surface area contributed by atoms with Crippen molar-refractivity contribution >= 4 is 11.3 Å². The molecule has 2 aliphatic carbocycles. The summed E-state index contributed by atoms with van der Waals surface area (Å²) in [6.45, 7) is 1.17. The van der Waals surface area contributed by atoms with E-state index >= 15 is 0 Å². The maximum absolute atomic E-state index is 4.95. The number of fused-ring (bicyclic) bond motifs is 2. The van der Waals surface area contributed by atoms with Crippen LogP contribution in [0, 0.1) is 11.8 Å². The Bertz CT molecular complexity index is 408. The average Bonchev–Trinajstić information content (AvgIpc) is 3.12. The predicted molar refractivity (Wildman–Crippen MR) is 70.3 cm³/mol. The first-order chi connectivity index (χ1) is 8.40. The van der Waals surface area contributed by atoms with E-state index in [0.29, 0.717) is 6.04 Å². The molecule has 1 aliphatic heterocycles. The van der Waals surface area contributed by atoms with Gasteiger partial charge in [-0.15, -0.1) is 11.3 Å².